The average Bonchev–Trinajstić information content (AvgIpc) is 2.28. The summed E-state index contributed by atoms with van der Waals surface area (Å²) in [6, 6.07) is 2.30. The van der Waals surface area contributed by atoms with Crippen molar-refractivity contribution in [1.82, 2.24) is 0 Å². The highest BCUT2D eigenvalue weighted by Gasteiger charge is 2.28. The number of benzene rings is 1. The van der Waals surface area contributed by atoms with E-state index in [1.807, 2.05) is 0 Å². The number of ketones is 1. The maximum absolute atomic E-state index is 13.8. The molecule has 1 fully saturated rings. The van der Waals surface area contributed by atoms with E-state index in [-0.39, 0.29) is 28.2 Å². The lowest BCUT2D eigenvalue weighted by Crippen LogP contribution is -2.20. The Labute approximate surface area is 110 Å². The summed E-state index contributed by atoms with van der Waals surface area (Å²) in [5.74, 6) is -1.07. The monoisotopic (exact) mass is 272 g/mol. The van der Waals surface area contributed by atoms with Crippen molar-refractivity contribution in [2.45, 2.75) is 38.5 Å². The summed E-state index contributed by atoms with van der Waals surface area (Å²) in [7, 11) is 0. The zero-order chi connectivity index (χ0) is 13.3. The molecule has 0 aromatic heterocycles. The smallest absolute Gasteiger partial charge is 0.132 e. The molecule has 2 rings (SSSR count). The summed E-state index contributed by atoms with van der Waals surface area (Å²) in [5, 5.41) is 0.0752. The third kappa shape index (κ3) is 2.72. The van der Waals surface area contributed by atoms with E-state index in [0.717, 1.165) is 12.1 Å². The lowest BCUT2D eigenvalue weighted by molar-refractivity contribution is -0.121. The number of halogens is 3. The largest absolute Gasteiger partial charge is 0.300 e. The van der Waals surface area contributed by atoms with E-state index < -0.39 is 11.6 Å². The standard InChI is InChI=1S/C14H15ClF2O/c1-8(18)9-2-4-10(5-3-9)14-12(16)6-11(15)7-13(14)17/h6-7,9-10H,2-5H2,1H3. The molecule has 0 bridgehead atoms. The molecule has 0 atom stereocenters. The van der Waals surface area contributed by atoms with Crippen molar-refractivity contribution in [2.75, 3.05) is 0 Å². The number of hydrogen-bond acceptors (Lipinski definition) is 1. The number of carbonyl (C=O) groups is 1. The Bertz CT molecular complexity index is 442. The molecule has 1 saturated carbocycles. The molecular formula is C14H15ClF2O. The van der Waals surface area contributed by atoms with Crippen molar-refractivity contribution in [1.29, 1.82) is 0 Å². The first-order chi connectivity index (χ1) is 8.49. The molecule has 0 saturated heterocycles. The van der Waals surface area contributed by atoms with E-state index in [4.69, 9.17) is 11.6 Å². The number of rotatable bonds is 2. The Morgan fingerprint density at radius 3 is 2.11 bits per heavy atom. The van der Waals surface area contributed by atoms with Gasteiger partial charge in [0.25, 0.3) is 0 Å². The number of Topliss-reactive ketones (excluding diaryl/α,β-unsaturated/α-hetero) is 1. The zero-order valence-corrected chi connectivity index (χ0v) is 10.9. The van der Waals surface area contributed by atoms with Gasteiger partial charge in [-0.05, 0) is 50.7 Å². The van der Waals surface area contributed by atoms with Gasteiger partial charge in [-0.1, -0.05) is 11.6 Å². The van der Waals surface area contributed by atoms with Gasteiger partial charge in [0.1, 0.15) is 17.4 Å². The Morgan fingerprint density at radius 2 is 1.67 bits per heavy atom. The summed E-state index contributed by atoms with van der Waals surface area (Å²) >= 11 is 5.60. The summed E-state index contributed by atoms with van der Waals surface area (Å²) in [4.78, 5) is 11.3. The van der Waals surface area contributed by atoms with Crippen molar-refractivity contribution in [2.24, 2.45) is 5.92 Å². The molecule has 0 amide bonds. The molecule has 1 aliphatic rings. The molecule has 1 aliphatic carbocycles. The molecule has 0 spiro atoms. The van der Waals surface area contributed by atoms with Crippen LogP contribution in [0.1, 0.15) is 44.1 Å². The average molecular weight is 273 g/mol. The van der Waals surface area contributed by atoms with Crippen molar-refractivity contribution in [3.05, 3.63) is 34.4 Å². The highest BCUT2D eigenvalue weighted by Crippen LogP contribution is 2.38. The van der Waals surface area contributed by atoms with Crippen LogP contribution >= 0.6 is 11.6 Å². The maximum atomic E-state index is 13.8. The van der Waals surface area contributed by atoms with Crippen molar-refractivity contribution < 1.29 is 13.6 Å². The van der Waals surface area contributed by atoms with Gasteiger partial charge in [0, 0.05) is 16.5 Å². The fourth-order valence-electron chi connectivity index (χ4n) is 2.73. The predicted molar refractivity (Wildman–Crippen MR) is 66.7 cm³/mol. The third-order valence-corrected chi connectivity index (χ3v) is 3.97. The Kier molecular flexibility index (Phi) is 4.00. The van der Waals surface area contributed by atoms with Gasteiger partial charge in [-0.2, -0.15) is 0 Å². The van der Waals surface area contributed by atoms with Gasteiger partial charge in [0.05, 0.1) is 0 Å². The Balaban J connectivity index is 2.17. The van der Waals surface area contributed by atoms with E-state index in [1.54, 1.807) is 6.92 Å². The van der Waals surface area contributed by atoms with E-state index >= 15 is 0 Å². The van der Waals surface area contributed by atoms with Crippen LogP contribution in [0.15, 0.2) is 12.1 Å². The minimum absolute atomic E-state index is 0.0553. The molecule has 4 heteroatoms. The van der Waals surface area contributed by atoms with E-state index in [0.29, 0.717) is 25.7 Å². The summed E-state index contributed by atoms with van der Waals surface area (Å²) in [5.41, 5.74) is 0.126. The molecular weight excluding hydrogens is 258 g/mol. The van der Waals surface area contributed by atoms with Crippen LogP contribution in [0.5, 0.6) is 0 Å². The minimum Gasteiger partial charge on any atom is -0.300 e. The summed E-state index contributed by atoms with van der Waals surface area (Å²) in [6.45, 7) is 1.58. The van der Waals surface area contributed by atoms with Crippen molar-refractivity contribution in [3.63, 3.8) is 0 Å². The lowest BCUT2D eigenvalue weighted by Gasteiger charge is -2.27. The van der Waals surface area contributed by atoms with Gasteiger partial charge >= 0.3 is 0 Å². The molecule has 98 valence electrons. The number of carbonyl (C=O) groups excluding carboxylic acids is 1. The molecule has 0 heterocycles. The summed E-state index contributed by atoms with van der Waals surface area (Å²) < 4.78 is 27.5. The topological polar surface area (TPSA) is 17.1 Å². The fourth-order valence-corrected chi connectivity index (χ4v) is 2.92. The molecule has 0 unspecified atom stereocenters. The Morgan fingerprint density at radius 1 is 1.17 bits per heavy atom. The Hall–Kier alpha value is -0.960. The van der Waals surface area contributed by atoms with Crippen LogP contribution in [-0.4, -0.2) is 5.78 Å². The van der Waals surface area contributed by atoms with Crippen LogP contribution in [0.3, 0.4) is 0 Å². The predicted octanol–water partition coefficient (Wildman–Crippen LogP) is 4.48. The van der Waals surface area contributed by atoms with Gasteiger partial charge < -0.3 is 0 Å². The second-order valence-corrected chi connectivity index (χ2v) is 5.38. The highest BCUT2D eigenvalue weighted by atomic mass is 35.5. The second-order valence-electron chi connectivity index (χ2n) is 4.94. The van der Waals surface area contributed by atoms with Crippen LogP contribution in [0, 0.1) is 17.6 Å². The van der Waals surface area contributed by atoms with Crippen molar-refractivity contribution in [3.8, 4) is 0 Å². The minimum atomic E-state index is -0.578. The van der Waals surface area contributed by atoms with Gasteiger partial charge in [-0.25, -0.2) is 8.78 Å². The molecule has 0 N–H and O–H groups in total. The molecule has 1 nitrogen and oxygen atoms in total. The molecule has 1 aromatic rings. The summed E-state index contributed by atoms with van der Waals surface area (Å²) in [6.07, 6.45) is 2.72. The van der Waals surface area contributed by atoms with Crippen LogP contribution in [0.4, 0.5) is 8.78 Å². The van der Waals surface area contributed by atoms with Crippen LogP contribution in [0.2, 0.25) is 5.02 Å². The second kappa shape index (κ2) is 5.35. The SMILES string of the molecule is CC(=O)C1CCC(c2c(F)cc(Cl)cc2F)CC1. The lowest BCUT2D eigenvalue weighted by atomic mass is 9.77. The van der Waals surface area contributed by atoms with Crippen LogP contribution in [-0.2, 0) is 4.79 Å². The van der Waals surface area contributed by atoms with Crippen LogP contribution < -0.4 is 0 Å². The molecule has 0 aliphatic heterocycles. The number of hydrogen-bond donors (Lipinski definition) is 0. The van der Waals surface area contributed by atoms with Gasteiger partial charge in [0.15, 0.2) is 0 Å². The van der Waals surface area contributed by atoms with E-state index in [1.165, 1.54) is 0 Å². The highest BCUT2D eigenvalue weighted by molar-refractivity contribution is 6.30. The molecule has 18 heavy (non-hydrogen) atoms. The first-order valence-electron chi connectivity index (χ1n) is 6.14. The maximum Gasteiger partial charge on any atom is 0.132 e. The zero-order valence-electron chi connectivity index (χ0n) is 10.2. The quantitative estimate of drug-likeness (QED) is 0.776. The van der Waals surface area contributed by atoms with Gasteiger partial charge in [-0.15, -0.1) is 0 Å². The fraction of sp³-hybridized carbons (Fsp3) is 0.500. The van der Waals surface area contributed by atoms with Gasteiger partial charge in [0.2, 0.25) is 0 Å². The third-order valence-electron chi connectivity index (χ3n) is 3.75. The first kappa shape index (κ1) is 13.5. The first-order valence-corrected chi connectivity index (χ1v) is 6.51. The molecule has 1 aromatic carbocycles. The van der Waals surface area contributed by atoms with E-state index in [9.17, 15) is 13.6 Å². The normalized spacial score (nSPS) is 24.0. The van der Waals surface area contributed by atoms with Crippen LogP contribution in [0.25, 0.3) is 0 Å². The van der Waals surface area contributed by atoms with Gasteiger partial charge in [-0.3, -0.25) is 4.79 Å². The van der Waals surface area contributed by atoms with Crippen molar-refractivity contribution >= 4 is 17.4 Å². The molecule has 0 radical (unpaired) electrons. The van der Waals surface area contributed by atoms with E-state index in [2.05, 4.69) is 0 Å².